The normalized spacial score (nSPS) is 53.5. The van der Waals surface area contributed by atoms with Crippen molar-refractivity contribution in [3.05, 3.63) is 17.1 Å². The zero-order valence-electron chi connectivity index (χ0n) is 48.2. The Kier molecular flexibility index (Phi) is 24.6. The zero-order valence-corrected chi connectivity index (χ0v) is 49.0. The second-order valence-corrected chi connectivity index (χ2v) is 24.3. The van der Waals surface area contributed by atoms with Crippen molar-refractivity contribution in [2.45, 2.75) is 252 Å². The van der Waals surface area contributed by atoms with Crippen LogP contribution in [0, 0.1) is 0 Å². The minimum atomic E-state index is -2.24. The first kappa shape index (κ1) is 72.8. The van der Waals surface area contributed by atoms with Crippen LogP contribution in [0.25, 0.3) is 0 Å². The Morgan fingerprint density at radius 3 is 0.543 bits per heavy atom. The van der Waals surface area contributed by atoms with Gasteiger partial charge in [-0.25, -0.2) is 0 Å². The highest BCUT2D eigenvalue weighted by molar-refractivity contribution is 7.07. The van der Waals surface area contributed by atoms with Gasteiger partial charge in [-0.3, -0.25) is 0 Å². The molecule has 30 aliphatic rings. The topological polar surface area (TPSA) is 617 Å². The summed E-state index contributed by atoms with van der Waals surface area (Å²) in [4.78, 5) is 0. The summed E-state index contributed by atoms with van der Waals surface area (Å²) in [6.45, 7) is -7.70. The lowest BCUT2D eigenvalue weighted by Crippen LogP contribution is -2.69. The van der Waals surface area contributed by atoms with Crippen molar-refractivity contribution in [3.8, 4) is 0 Å². The van der Waals surface area contributed by atoms with Crippen molar-refractivity contribution in [1.29, 1.82) is 0 Å². The van der Waals surface area contributed by atoms with E-state index in [1.54, 1.807) is 17.1 Å². The fourth-order valence-corrected chi connectivity index (χ4v) is 13.1. The SMILES string of the molecule is OC[C@H]1O[C@@H]2O[C@H]3[C@H](O)[C@@H](O)[C@@H](O[C@H]4[C@H](O)[C@@H](O)[C@@H](O[C@H]5[C@H](O)[C@@H](O)[C@@H](O[C@H]6[C@H](O)[C@@H](O)[C@@H](O[C@H]7[C@H](O)[C@@H](O)[C@@H](O[C@H]8[C@H](O)[C@@H](O)[C@@H](O[C@H]9[C@H](O)[C@@H](O)[C@@H](O[C@H]1[C@H](O)[C@H]2O)O[C@@H]9CO)O[C@@H]8CO)O[C@@H]7CO)O[C@@H]6C[n+]1ccsc1)O[C@@H]5CO)O[C@@H]4CO)O[C@@H]3CO. The lowest BCUT2D eigenvalue weighted by molar-refractivity contribution is -0.703. The number of ether oxygens (including phenoxy) is 16. The van der Waals surface area contributed by atoms with Crippen LogP contribution < -0.4 is 4.57 Å². The van der Waals surface area contributed by atoms with Crippen LogP contribution in [0.5, 0.6) is 0 Å². The number of aromatic nitrogens is 1. The summed E-state index contributed by atoms with van der Waals surface area (Å²) in [5, 5.41) is 259. The summed E-state index contributed by atoms with van der Waals surface area (Å²) in [6, 6.07) is 0. The van der Waals surface area contributed by atoms with Crippen molar-refractivity contribution >= 4 is 11.3 Å². The highest BCUT2D eigenvalue weighted by Crippen LogP contribution is 2.40. The fraction of sp³-hybridized carbons (Fsp3) is 0.941. The van der Waals surface area contributed by atoms with Gasteiger partial charge in [0.05, 0.1) is 51.6 Å². The Morgan fingerprint density at radius 2 is 0.391 bits per heavy atom. The summed E-state index contributed by atoms with van der Waals surface area (Å²) < 4.78 is 94.3. The maximum Gasteiger partial charge on any atom is 0.224 e. The molecule has 0 aromatic carbocycles. The zero-order chi connectivity index (χ0) is 66.5. The average Bonchev–Trinajstić information content (AvgIpc) is 0.812. The van der Waals surface area contributed by atoms with Crippen LogP contribution in [0.2, 0.25) is 0 Å². The Bertz CT molecular complexity index is 2400. The third kappa shape index (κ3) is 14.4. The van der Waals surface area contributed by atoms with Gasteiger partial charge in [-0.05, 0) is 0 Å². The van der Waals surface area contributed by atoms with Crippen LogP contribution in [-0.2, 0) is 82.3 Å². The molecule has 30 saturated heterocycles. The summed E-state index contributed by atoms with van der Waals surface area (Å²) in [5.41, 5.74) is 1.59. The molecule has 40 nitrogen and oxygen atoms in total. The number of nitrogens with zero attached hydrogens (tertiary/aromatic N) is 1. The average molecular weight is 1370 g/mol. The smallest absolute Gasteiger partial charge is 0.224 e. The van der Waals surface area contributed by atoms with Crippen LogP contribution in [-0.4, -0.2) is 409 Å². The van der Waals surface area contributed by atoms with Gasteiger partial charge >= 0.3 is 0 Å². The van der Waals surface area contributed by atoms with Crippen LogP contribution in [0.3, 0.4) is 0 Å². The van der Waals surface area contributed by atoms with Gasteiger partial charge in [0, 0.05) is 0 Å². The predicted molar refractivity (Wildman–Crippen MR) is 278 cm³/mol. The molecule has 0 unspecified atom stereocenters. The van der Waals surface area contributed by atoms with Gasteiger partial charge in [-0.15, -0.1) is 0 Å². The molecule has 0 amide bonds. The van der Waals surface area contributed by atoms with Gasteiger partial charge < -0.3 is 193 Å². The molecular weight excluding hydrogens is 1280 g/mol. The Balaban J connectivity index is 0.923. The maximum atomic E-state index is 11.8. The minimum absolute atomic E-state index is 0.243. The van der Waals surface area contributed by atoms with E-state index < -0.39 is 292 Å². The van der Waals surface area contributed by atoms with E-state index in [1.807, 2.05) is 0 Å². The Hall–Kier alpha value is -1.93. The molecule has 0 aliphatic carbocycles. The minimum Gasteiger partial charge on any atom is -0.394 e. The number of aliphatic hydroxyl groups excluding tert-OH is 23. The third-order valence-corrected chi connectivity index (χ3v) is 18.3. The molecule has 0 spiro atoms. The quantitative estimate of drug-likeness (QED) is 0.102. The standard InChI is InChI=1S/C51H82NO39S/c53-4-13-37-22(62)30(70)46(78-13)87-39-15(6-55)80-48(32(72)24(39)64)89-41-17(8-57)82-50(34(74)26(41)66)91-43-19(10-59)83-51(35(75)27(43)67)90-42-18(9-58)81-49(33(73)25(42)65)88-40-16(7-56)79-47(31(71)23(40)63)86-38-14(5-54)77-45(29(69)21(38)61)84-36-12(3-52-1-2-92-11-52)76-44(85-37)28(68)20(36)60/h1-2,11-51,53-75H,3-10H2/q+1/t12-,13-,14-,15-,16-,17-,18-,19-,20-,21-,22-,23-,24-,25-,26-,27-,28-,29-,30-,31-,32-,33-,34-,35-,36-,37-,38-,39-,40-,41-,42-,43-,44-,45-,46-,47-,48-,49-,50-,51-/m1/s1. The van der Waals surface area contributed by atoms with Crippen molar-refractivity contribution < 1.29 is 198 Å². The summed E-state index contributed by atoms with van der Waals surface area (Å²) >= 11 is 1.21. The fourth-order valence-electron chi connectivity index (χ4n) is 12.5. The number of rotatable bonds is 9. The number of hydrogen-bond donors (Lipinski definition) is 23. The van der Waals surface area contributed by atoms with Crippen molar-refractivity contribution in [3.63, 3.8) is 0 Å². The third-order valence-electron chi connectivity index (χ3n) is 17.6. The molecular formula is C51H82NO39S+. The summed E-state index contributed by atoms with van der Waals surface area (Å²) in [7, 11) is 0. The molecule has 41 heteroatoms. The van der Waals surface area contributed by atoms with Gasteiger partial charge in [0.25, 0.3) is 0 Å². The number of thiazole rings is 1. The Morgan fingerprint density at radius 1 is 0.228 bits per heavy atom. The predicted octanol–water partition coefficient (Wildman–Crippen LogP) is -16.3. The summed E-state index contributed by atoms with van der Waals surface area (Å²) in [6.07, 6.45) is -79.1. The molecule has 30 fully saturated rings. The lowest BCUT2D eigenvalue weighted by atomic mass is 9.94. The van der Waals surface area contributed by atoms with E-state index in [0.29, 0.717) is 0 Å². The van der Waals surface area contributed by atoms with E-state index >= 15 is 0 Å². The summed E-state index contributed by atoms with van der Waals surface area (Å²) in [5.74, 6) is 0. The monoisotopic (exact) mass is 1360 g/mol. The molecule has 1 aromatic rings. The van der Waals surface area contributed by atoms with Crippen LogP contribution in [0.4, 0.5) is 0 Å². The van der Waals surface area contributed by atoms with Crippen LogP contribution in [0.15, 0.2) is 17.1 Å². The molecule has 30 aliphatic heterocycles. The highest BCUT2D eigenvalue weighted by atomic mass is 32.1. The Labute approximate surface area is 523 Å². The van der Waals surface area contributed by atoms with E-state index in [0.717, 1.165) is 0 Å². The van der Waals surface area contributed by atoms with Gasteiger partial charge in [-0.1, -0.05) is 11.3 Å². The maximum absolute atomic E-state index is 11.8. The van der Waals surface area contributed by atoms with E-state index in [4.69, 9.17) is 75.8 Å². The first-order chi connectivity index (χ1) is 43.9. The largest absolute Gasteiger partial charge is 0.394 e. The number of hydrogen-bond acceptors (Lipinski definition) is 40. The van der Waals surface area contributed by atoms with Crippen LogP contribution >= 0.6 is 11.3 Å². The van der Waals surface area contributed by atoms with E-state index in [-0.39, 0.29) is 6.54 Å². The molecule has 31 rings (SSSR count). The molecule has 530 valence electrons. The molecule has 0 radical (unpaired) electrons. The highest BCUT2D eigenvalue weighted by Gasteiger charge is 2.60. The van der Waals surface area contributed by atoms with Crippen molar-refractivity contribution in [2.75, 3.05) is 46.2 Å². The van der Waals surface area contributed by atoms with Gasteiger partial charge in [0.15, 0.2) is 63.1 Å². The van der Waals surface area contributed by atoms with Crippen molar-refractivity contribution in [1.82, 2.24) is 0 Å². The molecule has 0 saturated carbocycles. The van der Waals surface area contributed by atoms with Crippen LogP contribution in [0.1, 0.15) is 0 Å². The first-order valence-corrected chi connectivity index (χ1v) is 30.4. The molecule has 31 heterocycles. The van der Waals surface area contributed by atoms with Crippen molar-refractivity contribution in [2.24, 2.45) is 0 Å². The second-order valence-electron chi connectivity index (χ2n) is 23.5. The van der Waals surface area contributed by atoms with E-state index in [2.05, 4.69) is 0 Å². The molecule has 92 heavy (non-hydrogen) atoms. The molecule has 1 aromatic heterocycles. The lowest BCUT2D eigenvalue weighted by Gasteiger charge is -2.50. The molecule has 16 bridgehead atoms. The molecule has 23 N–H and O–H groups in total. The molecule has 40 atom stereocenters. The number of aliphatic hydroxyl groups is 23. The van der Waals surface area contributed by atoms with Gasteiger partial charge in [-0.2, -0.15) is 4.57 Å². The van der Waals surface area contributed by atoms with Gasteiger partial charge in [0.2, 0.25) is 5.51 Å². The van der Waals surface area contributed by atoms with E-state index in [9.17, 15) is 117 Å². The first-order valence-electron chi connectivity index (χ1n) is 29.5. The van der Waals surface area contributed by atoms with Gasteiger partial charge in [0.1, 0.15) is 195 Å². The van der Waals surface area contributed by atoms with E-state index in [1.165, 1.54) is 15.9 Å². The second kappa shape index (κ2) is 31.1.